The topological polar surface area (TPSA) is 0 Å². The standard InChI is InChI=1S/C5H9/c1-5-3-2-4-5/h3,5H,2,4H2,1H3/t5-/m1/s1. The summed E-state index contributed by atoms with van der Waals surface area (Å²) in [6.45, 7) is 2.25. The smallest absolute Gasteiger partial charge is 0.0357 e. The molecule has 1 saturated carbocycles. The van der Waals surface area contributed by atoms with Gasteiger partial charge in [0, 0.05) is 0 Å². The number of rotatable bonds is 0. The second-order valence-electron chi connectivity index (χ2n) is 1.79. The Morgan fingerprint density at radius 1 is 1.80 bits per heavy atom. The van der Waals surface area contributed by atoms with Gasteiger partial charge in [-0.1, -0.05) is 13.3 Å². The van der Waals surface area contributed by atoms with Crippen molar-refractivity contribution in [2.75, 3.05) is 0 Å². The van der Waals surface area contributed by atoms with Crippen LogP contribution in [0.3, 0.4) is 0 Å². The molecule has 0 N–H and O–H groups in total. The molecule has 0 amide bonds. The van der Waals surface area contributed by atoms with Crippen molar-refractivity contribution < 1.29 is 0 Å². The van der Waals surface area contributed by atoms with Crippen LogP contribution in [0.4, 0.5) is 0 Å². The van der Waals surface area contributed by atoms with Crippen molar-refractivity contribution in [2.45, 2.75) is 19.8 Å². The maximum atomic E-state index is 2.35. The minimum Gasteiger partial charge on any atom is -0.0622 e. The van der Waals surface area contributed by atoms with E-state index in [1.165, 1.54) is 12.8 Å². The Balaban J connectivity index is 2.08. The van der Waals surface area contributed by atoms with E-state index < -0.39 is 0 Å². The van der Waals surface area contributed by atoms with E-state index in [1.54, 1.807) is 0 Å². The Morgan fingerprint density at radius 2 is 2.20 bits per heavy atom. The lowest BCUT2D eigenvalue weighted by molar-refractivity contribution is 0.472. The van der Waals surface area contributed by atoms with Gasteiger partial charge in [-0.25, -0.2) is 0 Å². The lowest BCUT2D eigenvalue weighted by atomic mass is 9.88. The Labute approximate surface area is 33.2 Å². The normalized spacial score (nSPS) is 25.8. The highest BCUT2D eigenvalue weighted by atomic mass is 14.1. The van der Waals surface area contributed by atoms with Gasteiger partial charge in [-0.2, -0.15) is 0 Å². The van der Waals surface area contributed by atoms with Crippen LogP contribution in [-0.2, 0) is 0 Å². The predicted molar refractivity (Wildman–Crippen MR) is 22.7 cm³/mol. The quantitative estimate of drug-likeness (QED) is 0.405. The molecule has 1 aliphatic rings. The lowest BCUT2D eigenvalue weighted by Crippen LogP contribution is -2.05. The molecule has 0 nitrogen and oxygen atoms in total. The van der Waals surface area contributed by atoms with E-state index in [9.17, 15) is 0 Å². The van der Waals surface area contributed by atoms with Crippen LogP contribution >= 0.6 is 0 Å². The van der Waals surface area contributed by atoms with Gasteiger partial charge in [0.2, 0.25) is 0 Å². The van der Waals surface area contributed by atoms with E-state index in [0.717, 1.165) is 5.92 Å². The van der Waals surface area contributed by atoms with Gasteiger partial charge in [-0.05, 0) is 18.8 Å². The van der Waals surface area contributed by atoms with E-state index in [1.807, 2.05) is 0 Å². The van der Waals surface area contributed by atoms with E-state index in [0.29, 0.717) is 0 Å². The molecule has 0 aliphatic heterocycles. The van der Waals surface area contributed by atoms with Crippen LogP contribution in [0, 0.1) is 12.3 Å². The van der Waals surface area contributed by atoms with Crippen molar-refractivity contribution in [3.63, 3.8) is 0 Å². The van der Waals surface area contributed by atoms with E-state index in [-0.39, 0.29) is 0 Å². The molecule has 1 fully saturated rings. The average Bonchev–Trinajstić information content (AvgIpc) is 1.30. The first-order valence-corrected chi connectivity index (χ1v) is 2.23. The van der Waals surface area contributed by atoms with Crippen molar-refractivity contribution >= 4 is 0 Å². The Morgan fingerprint density at radius 3 is 2.20 bits per heavy atom. The van der Waals surface area contributed by atoms with Gasteiger partial charge in [0.15, 0.2) is 0 Å². The second-order valence-corrected chi connectivity index (χ2v) is 1.79. The molecule has 1 aliphatic carbocycles. The van der Waals surface area contributed by atoms with Crippen molar-refractivity contribution in [1.82, 2.24) is 0 Å². The summed E-state index contributed by atoms with van der Waals surface area (Å²) in [6.07, 6.45) is 5.14. The Bertz CT molecular complexity index is 27.0. The molecule has 1 rings (SSSR count). The van der Waals surface area contributed by atoms with E-state index >= 15 is 0 Å². The second kappa shape index (κ2) is 1.00. The van der Waals surface area contributed by atoms with Gasteiger partial charge in [-0.15, -0.1) is 0 Å². The molecule has 1 radical (unpaired) electrons. The molecule has 0 spiro atoms. The van der Waals surface area contributed by atoms with Crippen molar-refractivity contribution in [2.24, 2.45) is 5.92 Å². The molecule has 5 heavy (non-hydrogen) atoms. The summed E-state index contributed by atoms with van der Waals surface area (Å²) >= 11 is 0. The fraction of sp³-hybridized carbons (Fsp3) is 0.800. The van der Waals surface area contributed by atoms with Crippen LogP contribution in [0.25, 0.3) is 0 Å². The van der Waals surface area contributed by atoms with Crippen molar-refractivity contribution in [3.05, 3.63) is 6.42 Å². The maximum Gasteiger partial charge on any atom is -0.0357 e. The maximum absolute atomic E-state index is 2.35. The summed E-state index contributed by atoms with van der Waals surface area (Å²) in [6, 6.07) is 0. The van der Waals surface area contributed by atoms with Crippen LogP contribution in [0.1, 0.15) is 19.8 Å². The molecule has 0 saturated heterocycles. The Kier molecular flexibility index (Phi) is 0.640. The lowest BCUT2D eigenvalue weighted by Gasteiger charge is -2.18. The first kappa shape index (κ1) is 3.20. The molecular formula is C5H9. The zero-order chi connectivity index (χ0) is 3.70. The highest BCUT2D eigenvalue weighted by Crippen LogP contribution is 2.22. The third-order valence-electron chi connectivity index (χ3n) is 1.19. The van der Waals surface area contributed by atoms with Crippen molar-refractivity contribution in [3.8, 4) is 0 Å². The van der Waals surface area contributed by atoms with Crippen LogP contribution in [-0.4, -0.2) is 0 Å². The van der Waals surface area contributed by atoms with E-state index in [4.69, 9.17) is 0 Å². The summed E-state index contributed by atoms with van der Waals surface area (Å²) in [5, 5.41) is 0. The van der Waals surface area contributed by atoms with Crippen LogP contribution in [0.2, 0.25) is 0 Å². The molecule has 0 aromatic heterocycles. The van der Waals surface area contributed by atoms with Crippen LogP contribution < -0.4 is 0 Å². The van der Waals surface area contributed by atoms with Gasteiger partial charge in [0.05, 0.1) is 0 Å². The van der Waals surface area contributed by atoms with Gasteiger partial charge in [0.25, 0.3) is 0 Å². The number of hydrogen-bond acceptors (Lipinski definition) is 0. The predicted octanol–water partition coefficient (Wildman–Crippen LogP) is 1.62. The average molecular weight is 69.1 g/mol. The molecule has 1 atom stereocenters. The summed E-state index contributed by atoms with van der Waals surface area (Å²) in [4.78, 5) is 0. The van der Waals surface area contributed by atoms with E-state index in [2.05, 4.69) is 13.3 Å². The van der Waals surface area contributed by atoms with Gasteiger partial charge >= 0.3 is 0 Å². The third kappa shape index (κ3) is 0.444. The minimum absolute atomic E-state index is 0.940. The fourth-order valence-corrected chi connectivity index (χ4v) is 0.500. The summed E-state index contributed by atoms with van der Waals surface area (Å²) < 4.78 is 0. The fourth-order valence-electron chi connectivity index (χ4n) is 0.500. The van der Waals surface area contributed by atoms with Crippen LogP contribution in [0.15, 0.2) is 0 Å². The molecule has 0 heteroatoms. The first-order chi connectivity index (χ1) is 2.39. The third-order valence-corrected chi connectivity index (χ3v) is 1.19. The van der Waals surface area contributed by atoms with Crippen molar-refractivity contribution in [1.29, 1.82) is 0 Å². The zero-order valence-electron chi connectivity index (χ0n) is 3.57. The number of hydrogen-bond donors (Lipinski definition) is 0. The largest absolute Gasteiger partial charge is 0.0622 e. The zero-order valence-corrected chi connectivity index (χ0v) is 3.57. The highest BCUT2D eigenvalue weighted by molar-refractivity contribution is 4.83. The summed E-state index contributed by atoms with van der Waals surface area (Å²) in [5.74, 6) is 0.940. The molecule has 29 valence electrons. The highest BCUT2D eigenvalue weighted by Gasteiger charge is 2.09. The minimum atomic E-state index is 0.940. The van der Waals surface area contributed by atoms with Gasteiger partial charge < -0.3 is 0 Å². The molecule has 0 heterocycles. The van der Waals surface area contributed by atoms with Gasteiger partial charge in [-0.3, -0.25) is 0 Å². The molecule has 0 unspecified atom stereocenters. The first-order valence-electron chi connectivity index (χ1n) is 2.23. The molecular weight excluding hydrogens is 60.1 g/mol. The van der Waals surface area contributed by atoms with Gasteiger partial charge in [0.1, 0.15) is 0 Å². The molecule has 0 bridgehead atoms. The Hall–Kier alpha value is 0. The summed E-state index contributed by atoms with van der Waals surface area (Å²) in [7, 11) is 0. The summed E-state index contributed by atoms with van der Waals surface area (Å²) in [5.41, 5.74) is 0. The van der Waals surface area contributed by atoms with Crippen LogP contribution in [0.5, 0.6) is 0 Å². The molecule has 0 aromatic rings. The molecule has 0 aromatic carbocycles. The monoisotopic (exact) mass is 69.1 g/mol. The SMILES string of the molecule is C[C@@H]1[CH]CC1.